The number of ether oxygens (including phenoxy) is 1. The number of carbonyl (C=O) groups is 2. The molecule has 4 aliphatic rings. The van der Waals surface area contributed by atoms with Gasteiger partial charge in [-0.15, -0.1) is 0 Å². The first-order valence-corrected chi connectivity index (χ1v) is 15.8. The standard InChI is InChI=1S/C29H27IN6O3S/c30-25-24-26(36(33-25)23-7-3-4-11-39-23)32-22(13-31-24)34-10-8-20-21(14-34)29(20,17-9-12-40-15-17)16-35-27(37)18-5-1-2-6-19(18)28(35)38/h1-2,5-6,9,12-13,15,20-21,23H,3-4,7-8,10-11,14,16H2. The average Bonchev–Trinajstić information content (AvgIpc) is 3.35. The van der Waals surface area contributed by atoms with E-state index in [1.165, 1.54) is 10.5 Å². The van der Waals surface area contributed by atoms with Crippen molar-refractivity contribution in [3.63, 3.8) is 0 Å². The third-order valence-corrected chi connectivity index (χ3v) is 10.7. The summed E-state index contributed by atoms with van der Waals surface area (Å²) in [5.74, 6) is 1.19. The van der Waals surface area contributed by atoms with Gasteiger partial charge < -0.3 is 9.64 Å². The fourth-order valence-corrected chi connectivity index (χ4v) is 8.61. The second-order valence-corrected chi connectivity index (χ2v) is 13.0. The molecule has 3 fully saturated rings. The summed E-state index contributed by atoms with van der Waals surface area (Å²) < 4.78 is 8.77. The van der Waals surface area contributed by atoms with E-state index in [1.807, 2.05) is 23.0 Å². The minimum atomic E-state index is -0.243. The summed E-state index contributed by atoms with van der Waals surface area (Å²) in [5, 5.41) is 9.02. The van der Waals surface area contributed by atoms with Crippen LogP contribution in [0.15, 0.2) is 47.3 Å². The monoisotopic (exact) mass is 666 g/mol. The maximum Gasteiger partial charge on any atom is 0.261 e. The first-order chi connectivity index (χ1) is 19.6. The van der Waals surface area contributed by atoms with E-state index in [2.05, 4.69) is 44.3 Å². The van der Waals surface area contributed by atoms with Crippen LogP contribution < -0.4 is 4.90 Å². The molecule has 1 saturated carbocycles. The summed E-state index contributed by atoms with van der Waals surface area (Å²) in [6.07, 6.45) is 5.83. The molecule has 0 spiro atoms. The van der Waals surface area contributed by atoms with Crippen molar-refractivity contribution in [2.75, 3.05) is 31.1 Å². The molecule has 2 saturated heterocycles. The zero-order valence-corrected chi connectivity index (χ0v) is 24.7. The molecule has 0 bridgehead atoms. The third kappa shape index (κ3) is 3.63. The largest absolute Gasteiger partial charge is 0.356 e. The van der Waals surface area contributed by atoms with Crippen molar-refractivity contribution in [2.24, 2.45) is 11.8 Å². The topological polar surface area (TPSA) is 93.5 Å². The highest BCUT2D eigenvalue weighted by molar-refractivity contribution is 14.1. The second-order valence-electron chi connectivity index (χ2n) is 11.2. The lowest BCUT2D eigenvalue weighted by atomic mass is 9.92. The van der Waals surface area contributed by atoms with Crippen molar-refractivity contribution in [1.82, 2.24) is 24.6 Å². The molecular formula is C29H27IN6O3S. The molecule has 4 atom stereocenters. The maximum atomic E-state index is 13.3. The number of fused-ring (bicyclic) bond motifs is 3. The Kier molecular flexibility index (Phi) is 5.79. The number of carbonyl (C=O) groups excluding carboxylic acids is 2. The highest BCUT2D eigenvalue weighted by atomic mass is 127. The molecule has 4 unspecified atom stereocenters. The van der Waals surface area contributed by atoms with Gasteiger partial charge >= 0.3 is 0 Å². The molecule has 2 amide bonds. The minimum Gasteiger partial charge on any atom is -0.356 e. The Morgan fingerprint density at radius 3 is 2.62 bits per heavy atom. The van der Waals surface area contributed by atoms with E-state index in [0.717, 1.165) is 66.1 Å². The van der Waals surface area contributed by atoms with Gasteiger partial charge in [-0.3, -0.25) is 14.5 Å². The lowest BCUT2D eigenvalue weighted by Crippen LogP contribution is -2.39. The van der Waals surface area contributed by atoms with Crippen LogP contribution in [0.3, 0.4) is 0 Å². The summed E-state index contributed by atoms with van der Waals surface area (Å²) in [6.45, 7) is 2.80. The molecule has 6 heterocycles. The van der Waals surface area contributed by atoms with Gasteiger partial charge in [-0.25, -0.2) is 14.6 Å². The number of hydrogen-bond acceptors (Lipinski definition) is 8. The minimum absolute atomic E-state index is 0.107. The van der Waals surface area contributed by atoms with Gasteiger partial charge in [0.05, 0.1) is 17.3 Å². The first-order valence-electron chi connectivity index (χ1n) is 13.8. The van der Waals surface area contributed by atoms with Crippen LogP contribution in [0.2, 0.25) is 0 Å². The quantitative estimate of drug-likeness (QED) is 0.222. The molecule has 1 aromatic carbocycles. The predicted molar refractivity (Wildman–Crippen MR) is 158 cm³/mol. The summed E-state index contributed by atoms with van der Waals surface area (Å²) in [4.78, 5) is 40.3. The molecule has 4 aromatic rings. The Balaban J connectivity index is 1.10. The van der Waals surface area contributed by atoms with E-state index in [1.54, 1.807) is 23.5 Å². The van der Waals surface area contributed by atoms with Crippen LogP contribution in [0.5, 0.6) is 0 Å². The molecule has 11 heteroatoms. The van der Waals surface area contributed by atoms with Crippen LogP contribution in [0, 0.1) is 15.5 Å². The Bertz CT molecular complexity index is 1620. The van der Waals surface area contributed by atoms with Gasteiger partial charge in [-0.05, 0) is 94.6 Å². The zero-order chi connectivity index (χ0) is 27.0. The normalized spacial score (nSPS) is 27.8. The molecule has 3 aromatic heterocycles. The number of piperidine rings is 1. The van der Waals surface area contributed by atoms with Gasteiger partial charge in [-0.1, -0.05) is 12.1 Å². The Morgan fingerprint density at radius 2 is 1.90 bits per heavy atom. The van der Waals surface area contributed by atoms with Crippen molar-refractivity contribution in [3.8, 4) is 0 Å². The van der Waals surface area contributed by atoms with Gasteiger partial charge in [0.1, 0.15) is 11.3 Å². The van der Waals surface area contributed by atoms with Crippen molar-refractivity contribution in [3.05, 3.63) is 67.7 Å². The van der Waals surface area contributed by atoms with Crippen LogP contribution in [-0.4, -0.2) is 62.7 Å². The van der Waals surface area contributed by atoms with Crippen LogP contribution in [-0.2, 0) is 10.2 Å². The number of benzene rings is 1. The van der Waals surface area contributed by atoms with Crippen LogP contribution in [0.4, 0.5) is 5.82 Å². The van der Waals surface area contributed by atoms with E-state index in [9.17, 15) is 9.59 Å². The number of imide groups is 1. The number of hydrogen-bond donors (Lipinski definition) is 0. The SMILES string of the molecule is O=C1c2ccccc2C(=O)N1CC1(c2ccsc2)C2CCN(c3cnc4c(I)nn(C5CCCCO5)c4n3)CC21. The number of nitrogens with zero attached hydrogens (tertiary/aromatic N) is 6. The van der Waals surface area contributed by atoms with E-state index in [4.69, 9.17) is 19.8 Å². The molecule has 0 radical (unpaired) electrons. The van der Waals surface area contributed by atoms with E-state index >= 15 is 0 Å². The number of aromatic nitrogens is 4. The van der Waals surface area contributed by atoms with Crippen LogP contribution >= 0.6 is 33.9 Å². The van der Waals surface area contributed by atoms with Gasteiger partial charge in [0.25, 0.3) is 11.8 Å². The number of thiophene rings is 1. The van der Waals surface area contributed by atoms with Gasteiger partial charge in [-0.2, -0.15) is 16.4 Å². The second kappa shape index (κ2) is 9.31. The smallest absolute Gasteiger partial charge is 0.261 e. The van der Waals surface area contributed by atoms with Gasteiger partial charge in [0.15, 0.2) is 15.6 Å². The molecular weight excluding hydrogens is 639 g/mol. The van der Waals surface area contributed by atoms with E-state index < -0.39 is 0 Å². The van der Waals surface area contributed by atoms with Crippen molar-refractivity contribution in [2.45, 2.75) is 37.3 Å². The number of halogens is 1. The fourth-order valence-electron chi connectivity index (χ4n) is 7.25. The Morgan fingerprint density at radius 1 is 1.07 bits per heavy atom. The molecule has 204 valence electrons. The fraction of sp³-hybridized carbons (Fsp3) is 0.414. The van der Waals surface area contributed by atoms with Gasteiger partial charge in [0, 0.05) is 31.7 Å². The third-order valence-electron chi connectivity index (χ3n) is 9.29. The summed E-state index contributed by atoms with van der Waals surface area (Å²) in [5.41, 5.74) is 3.58. The van der Waals surface area contributed by atoms with E-state index in [-0.39, 0.29) is 23.5 Å². The molecule has 3 aliphatic heterocycles. The van der Waals surface area contributed by atoms with Crippen LogP contribution in [0.1, 0.15) is 58.2 Å². The first kappa shape index (κ1) is 24.9. The lowest BCUT2D eigenvalue weighted by Gasteiger charge is -2.27. The molecule has 1 aliphatic carbocycles. The van der Waals surface area contributed by atoms with Crippen molar-refractivity contribution in [1.29, 1.82) is 0 Å². The molecule has 0 N–H and O–H groups in total. The van der Waals surface area contributed by atoms with Crippen molar-refractivity contribution < 1.29 is 14.3 Å². The Labute approximate surface area is 248 Å². The van der Waals surface area contributed by atoms with Crippen LogP contribution in [0.25, 0.3) is 11.2 Å². The number of rotatable bonds is 5. The van der Waals surface area contributed by atoms with Gasteiger partial charge in [0.2, 0.25) is 0 Å². The predicted octanol–water partition coefficient (Wildman–Crippen LogP) is 4.88. The molecule has 40 heavy (non-hydrogen) atoms. The summed E-state index contributed by atoms with van der Waals surface area (Å²) in [7, 11) is 0. The Hall–Kier alpha value is -2.90. The molecule has 8 rings (SSSR count). The lowest BCUT2D eigenvalue weighted by molar-refractivity contribution is -0.0372. The number of anilines is 1. The van der Waals surface area contributed by atoms with E-state index in [0.29, 0.717) is 29.5 Å². The number of amides is 2. The average molecular weight is 667 g/mol. The molecule has 9 nitrogen and oxygen atoms in total. The summed E-state index contributed by atoms with van der Waals surface area (Å²) in [6, 6.07) is 9.33. The summed E-state index contributed by atoms with van der Waals surface area (Å²) >= 11 is 3.89. The highest BCUT2D eigenvalue weighted by Gasteiger charge is 2.68. The highest BCUT2D eigenvalue weighted by Crippen LogP contribution is 2.64. The van der Waals surface area contributed by atoms with Crippen molar-refractivity contribution >= 4 is 62.7 Å². The maximum absolute atomic E-state index is 13.3. The zero-order valence-electron chi connectivity index (χ0n) is 21.7.